The number of carboxylic acids is 1. The lowest BCUT2D eigenvalue weighted by molar-refractivity contribution is -0.136. The lowest BCUT2D eigenvalue weighted by Gasteiger charge is -2.21. The van der Waals surface area contributed by atoms with E-state index < -0.39 is 5.97 Å². The molecule has 0 heterocycles. The molecular formula is C19H22N2O3. The van der Waals surface area contributed by atoms with E-state index in [2.05, 4.69) is 10.6 Å². The maximum absolute atomic E-state index is 12.1. The molecule has 0 atom stereocenters. The lowest BCUT2D eigenvalue weighted by Crippen LogP contribution is -2.39. The molecular weight excluding hydrogens is 304 g/mol. The number of carbonyl (C=O) groups excluding carboxylic acids is 1. The fraction of sp³-hybridized carbons (Fsp3) is 0.263. The Labute approximate surface area is 141 Å². The van der Waals surface area contributed by atoms with Gasteiger partial charge in [-0.2, -0.15) is 0 Å². The van der Waals surface area contributed by atoms with Crippen LogP contribution in [0.4, 0.5) is 4.79 Å². The highest BCUT2D eigenvalue weighted by atomic mass is 16.4. The van der Waals surface area contributed by atoms with Gasteiger partial charge in [-0.25, -0.2) is 4.79 Å². The van der Waals surface area contributed by atoms with E-state index in [0.717, 1.165) is 22.3 Å². The summed E-state index contributed by atoms with van der Waals surface area (Å²) in [5.74, 6) is -0.941. The Balaban J connectivity index is 2.20. The highest BCUT2D eigenvalue weighted by molar-refractivity contribution is 5.76. The second-order valence-electron chi connectivity index (χ2n) is 5.81. The standard InChI is InChI=1S/C19H22N2O3/c1-13-5-3-7-15(11-13)18(16-8-4-6-14(2)12-16)21-19(24)20-10-9-17(22)23/h3-8,11-12,18H,9-10H2,1-2H3,(H,22,23)(H2,20,21,24). The Morgan fingerprint density at radius 2 is 1.54 bits per heavy atom. The number of aliphatic carboxylic acids is 1. The number of hydrogen-bond acceptors (Lipinski definition) is 2. The molecule has 2 aromatic carbocycles. The number of aryl methyl sites for hydroxylation is 2. The zero-order valence-corrected chi connectivity index (χ0v) is 13.9. The molecule has 0 radical (unpaired) electrons. The Hall–Kier alpha value is -2.82. The van der Waals surface area contributed by atoms with Crippen LogP contribution in [0.25, 0.3) is 0 Å². The number of hydrogen-bond donors (Lipinski definition) is 3. The summed E-state index contributed by atoms with van der Waals surface area (Å²) < 4.78 is 0. The molecule has 24 heavy (non-hydrogen) atoms. The molecule has 0 aliphatic carbocycles. The van der Waals surface area contributed by atoms with Crippen molar-refractivity contribution in [1.82, 2.24) is 10.6 Å². The molecule has 0 bridgehead atoms. The fourth-order valence-corrected chi connectivity index (χ4v) is 2.52. The van der Waals surface area contributed by atoms with Crippen LogP contribution in [-0.2, 0) is 4.79 Å². The molecule has 0 spiro atoms. The largest absolute Gasteiger partial charge is 0.481 e. The van der Waals surface area contributed by atoms with Crippen molar-refractivity contribution in [3.05, 3.63) is 70.8 Å². The van der Waals surface area contributed by atoms with Gasteiger partial charge in [0.25, 0.3) is 0 Å². The molecule has 5 heteroatoms. The first-order valence-corrected chi connectivity index (χ1v) is 7.85. The number of nitrogens with one attached hydrogen (secondary N) is 2. The van der Waals surface area contributed by atoms with Crippen molar-refractivity contribution in [2.75, 3.05) is 6.54 Å². The van der Waals surface area contributed by atoms with E-state index in [1.54, 1.807) is 0 Å². The molecule has 2 aromatic rings. The van der Waals surface area contributed by atoms with Gasteiger partial charge < -0.3 is 15.7 Å². The third kappa shape index (κ3) is 5.12. The molecule has 0 aliphatic rings. The van der Waals surface area contributed by atoms with E-state index in [0.29, 0.717) is 0 Å². The number of carboxylic acid groups (broad SMARTS) is 1. The molecule has 126 valence electrons. The minimum Gasteiger partial charge on any atom is -0.481 e. The highest BCUT2D eigenvalue weighted by Crippen LogP contribution is 2.23. The summed E-state index contributed by atoms with van der Waals surface area (Å²) in [5.41, 5.74) is 4.18. The SMILES string of the molecule is Cc1cccc(C(NC(=O)NCCC(=O)O)c2cccc(C)c2)c1. The van der Waals surface area contributed by atoms with E-state index in [9.17, 15) is 9.59 Å². The van der Waals surface area contributed by atoms with E-state index >= 15 is 0 Å². The van der Waals surface area contributed by atoms with Crippen LogP contribution < -0.4 is 10.6 Å². The molecule has 2 rings (SSSR count). The van der Waals surface area contributed by atoms with Crippen molar-refractivity contribution in [3.63, 3.8) is 0 Å². The van der Waals surface area contributed by atoms with Crippen molar-refractivity contribution in [1.29, 1.82) is 0 Å². The van der Waals surface area contributed by atoms with Crippen LogP contribution in [-0.4, -0.2) is 23.7 Å². The number of benzene rings is 2. The third-order valence-corrected chi connectivity index (χ3v) is 3.65. The van der Waals surface area contributed by atoms with Crippen LogP contribution in [0.5, 0.6) is 0 Å². The first-order valence-electron chi connectivity index (χ1n) is 7.85. The van der Waals surface area contributed by atoms with Crippen LogP contribution in [0.3, 0.4) is 0 Å². The summed E-state index contributed by atoms with van der Waals surface area (Å²) in [6.45, 7) is 4.10. The normalized spacial score (nSPS) is 10.5. The fourth-order valence-electron chi connectivity index (χ4n) is 2.52. The first kappa shape index (κ1) is 17.5. The smallest absolute Gasteiger partial charge is 0.315 e. The topological polar surface area (TPSA) is 78.4 Å². The van der Waals surface area contributed by atoms with Crippen LogP contribution in [0.15, 0.2) is 48.5 Å². The zero-order valence-electron chi connectivity index (χ0n) is 13.9. The predicted molar refractivity (Wildman–Crippen MR) is 93.0 cm³/mol. The molecule has 0 saturated heterocycles. The van der Waals surface area contributed by atoms with Gasteiger partial charge in [0.05, 0.1) is 12.5 Å². The summed E-state index contributed by atoms with van der Waals surface area (Å²) in [6, 6.07) is 15.2. The Bertz CT molecular complexity index is 683. The van der Waals surface area contributed by atoms with E-state index in [4.69, 9.17) is 5.11 Å². The molecule has 5 nitrogen and oxygen atoms in total. The van der Waals surface area contributed by atoms with Crippen molar-refractivity contribution in [2.45, 2.75) is 26.3 Å². The van der Waals surface area contributed by atoms with Crippen LogP contribution in [0.1, 0.15) is 34.7 Å². The minimum absolute atomic E-state index is 0.0928. The van der Waals surface area contributed by atoms with Gasteiger partial charge in [-0.1, -0.05) is 59.7 Å². The molecule has 0 saturated carbocycles. The predicted octanol–water partition coefficient (Wildman–Crippen LogP) is 3.17. The average molecular weight is 326 g/mol. The van der Waals surface area contributed by atoms with Crippen LogP contribution >= 0.6 is 0 Å². The van der Waals surface area contributed by atoms with Gasteiger partial charge in [0.15, 0.2) is 0 Å². The van der Waals surface area contributed by atoms with E-state index in [-0.39, 0.29) is 25.0 Å². The van der Waals surface area contributed by atoms with Gasteiger partial charge in [0, 0.05) is 6.54 Å². The maximum Gasteiger partial charge on any atom is 0.315 e. The number of rotatable bonds is 6. The lowest BCUT2D eigenvalue weighted by atomic mass is 9.96. The second-order valence-corrected chi connectivity index (χ2v) is 5.81. The van der Waals surface area contributed by atoms with Gasteiger partial charge in [-0.15, -0.1) is 0 Å². The second kappa shape index (κ2) is 8.15. The maximum atomic E-state index is 12.1. The Kier molecular flexibility index (Phi) is 5.95. The summed E-state index contributed by atoms with van der Waals surface area (Å²) in [4.78, 5) is 22.7. The number of amides is 2. The van der Waals surface area contributed by atoms with E-state index in [1.807, 2.05) is 62.4 Å². The van der Waals surface area contributed by atoms with Gasteiger partial charge in [-0.3, -0.25) is 4.79 Å². The molecule has 3 N–H and O–H groups in total. The number of carbonyl (C=O) groups is 2. The molecule has 0 unspecified atom stereocenters. The molecule has 0 aliphatic heterocycles. The summed E-state index contributed by atoms with van der Waals surface area (Å²) in [5, 5.41) is 14.2. The van der Waals surface area contributed by atoms with Gasteiger partial charge in [0.2, 0.25) is 0 Å². The highest BCUT2D eigenvalue weighted by Gasteiger charge is 2.17. The quantitative estimate of drug-likeness (QED) is 0.763. The van der Waals surface area contributed by atoms with Gasteiger partial charge in [-0.05, 0) is 25.0 Å². The van der Waals surface area contributed by atoms with Crippen LogP contribution in [0.2, 0.25) is 0 Å². The third-order valence-electron chi connectivity index (χ3n) is 3.65. The van der Waals surface area contributed by atoms with Crippen molar-refractivity contribution in [3.8, 4) is 0 Å². The van der Waals surface area contributed by atoms with Crippen LogP contribution in [0, 0.1) is 13.8 Å². The monoisotopic (exact) mass is 326 g/mol. The summed E-state index contributed by atoms with van der Waals surface area (Å²) in [7, 11) is 0. The van der Waals surface area contributed by atoms with E-state index in [1.165, 1.54) is 0 Å². The Morgan fingerprint density at radius 1 is 1.00 bits per heavy atom. The average Bonchev–Trinajstić information content (AvgIpc) is 2.52. The minimum atomic E-state index is -0.941. The zero-order chi connectivity index (χ0) is 17.5. The Morgan fingerprint density at radius 3 is 2.00 bits per heavy atom. The molecule has 0 aromatic heterocycles. The van der Waals surface area contributed by atoms with Crippen molar-refractivity contribution >= 4 is 12.0 Å². The van der Waals surface area contributed by atoms with Crippen molar-refractivity contribution in [2.24, 2.45) is 0 Å². The van der Waals surface area contributed by atoms with Crippen molar-refractivity contribution < 1.29 is 14.7 Å². The first-order chi connectivity index (χ1) is 11.5. The van der Waals surface area contributed by atoms with Gasteiger partial charge in [0.1, 0.15) is 0 Å². The van der Waals surface area contributed by atoms with Gasteiger partial charge >= 0.3 is 12.0 Å². The number of urea groups is 1. The summed E-state index contributed by atoms with van der Waals surface area (Å²) >= 11 is 0. The molecule has 0 fully saturated rings. The molecule has 2 amide bonds. The summed E-state index contributed by atoms with van der Waals surface area (Å²) in [6.07, 6.45) is -0.104.